The highest BCUT2D eigenvalue weighted by Gasteiger charge is 2.19. The fourth-order valence-electron chi connectivity index (χ4n) is 2.93. The number of likely N-dealkylation sites (tertiary alicyclic amines) is 1. The maximum atomic E-state index is 11.6. The van der Waals surface area contributed by atoms with E-state index in [9.17, 15) is 9.59 Å². The minimum atomic E-state index is -0.0698. The Labute approximate surface area is 115 Å². The maximum absolute atomic E-state index is 11.6. The molecule has 0 spiro atoms. The Hall–Kier alpha value is -1.26. The predicted octanol–water partition coefficient (Wildman–Crippen LogP) is 1.49. The first-order valence-electron chi connectivity index (χ1n) is 7.55. The Balaban J connectivity index is 1.48. The summed E-state index contributed by atoms with van der Waals surface area (Å²) in [6.07, 6.45) is 7.61. The first kappa shape index (κ1) is 14.2. The van der Waals surface area contributed by atoms with Gasteiger partial charge in [0.1, 0.15) is 0 Å². The van der Waals surface area contributed by atoms with Crippen LogP contribution in [0.3, 0.4) is 0 Å². The van der Waals surface area contributed by atoms with Gasteiger partial charge in [0, 0.05) is 32.6 Å². The van der Waals surface area contributed by atoms with E-state index in [4.69, 9.17) is 0 Å². The van der Waals surface area contributed by atoms with Crippen molar-refractivity contribution in [2.24, 2.45) is 5.92 Å². The highest BCUT2D eigenvalue weighted by molar-refractivity contribution is 5.78. The average Bonchev–Trinajstić information content (AvgIpc) is 3.04. The molecule has 5 heteroatoms. The minimum absolute atomic E-state index is 0.0698. The van der Waals surface area contributed by atoms with Crippen molar-refractivity contribution in [3.63, 3.8) is 0 Å². The summed E-state index contributed by atoms with van der Waals surface area (Å²) in [5.74, 6) is 0.929. The van der Waals surface area contributed by atoms with Crippen molar-refractivity contribution in [1.29, 1.82) is 0 Å². The van der Waals surface area contributed by atoms with Crippen molar-refractivity contribution in [2.75, 3.05) is 26.2 Å². The van der Waals surface area contributed by atoms with Crippen LogP contribution in [-0.4, -0.2) is 43.0 Å². The summed E-state index contributed by atoms with van der Waals surface area (Å²) in [5, 5.41) is 5.79. The lowest BCUT2D eigenvalue weighted by Gasteiger charge is -2.16. The molecular weight excluding hydrogens is 242 g/mol. The highest BCUT2D eigenvalue weighted by atomic mass is 16.2. The zero-order valence-corrected chi connectivity index (χ0v) is 11.6. The maximum Gasteiger partial charge on any atom is 0.314 e. The molecule has 0 atom stereocenters. The predicted molar refractivity (Wildman–Crippen MR) is 73.8 cm³/mol. The van der Waals surface area contributed by atoms with E-state index in [0.717, 1.165) is 32.5 Å². The van der Waals surface area contributed by atoms with Gasteiger partial charge in [-0.2, -0.15) is 0 Å². The van der Waals surface area contributed by atoms with E-state index in [1.54, 1.807) is 0 Å². The molecule has 2 fully saturated rings. The van der Waals surface area contributed by atoms with E-state index >= 15 is 0 Å². The lowest BCUT2D eigenvalue weighted by molar-refractivity contribution is -0.127. The molecule has 0 radical (unpaired) electrons. The monoisotopic (exact) mass is 267 g/mol. The number of nitrogens with one attached hydrogen (secondary N) is 2. The molecule has 0 aromatic heterocycles. The third kappa shape index (κ3) is 4.73. The number of hydrogen-bond acceptors (Lipinski definition) is 2. The molecule has 108 valence electrons. The Morgan fingerprint density at radius 3 is 2.68 bits per heavy atom. The van der Waals surface area contributed by atoms with Crippen molar-refractivity contribution < 1.29 is 9.59 Å². The Kier molecular flexibility index (Phi) is 5.48. The molecule has 2 N–H and O–H groups in total. The summed E-state index contributed by atoms with van der Waals surface area (Å²) in [6.45, 7) is 3.09. The highest BCUT2D eigenvalue weighted by Crippen LogP contribution is 2.23. The number of carbonyl (C=O) groups is 2. The van der Waals surface area contributed by atoms with Crippen LogP contribution in [0.25, 0.3) is 0 Å². The van der Waals surface area contributed by atoms with Gasteiger partial charge in [-0.05, 0) is 31.6 Å². The molecule has 1 saturated carbocycles. The summed E-state index contributed by atoms with van der Waals surface area (Å²) in [7, 11) is 0. The molecule has 5 nitrogen and oxygen atoms in total. The Morgan fingerprint density at radius 1 is 1.21 bits per heavy atom. The molecule has 1 heterocycles. The van der Waals surface area contributed by atoms with Crippen molar-refractivity contribution in [3.05, 3.63) is 0 Å². The van der Waals surface area contributed by atoms with Gasteiger partial charge in [0.05, 0.1) is 0 Å². The van der Waals surface area contributed by atoms with Crippen LogP contribution >= 0.6 is 0 Å². The van der Waals surface area contributed by atoms with Gasteiger partial charge >= 0.3 is 6.03 Å². The van der Waals surface area contributed by atoms with Crippen molar-refractivity contribution >= 4 is 11.9 Å². The number of rotatable bonds is 6. The fourth-order valence-corrected chi connectivity index (χ4v) is 2.93. The van der Waals surface area contributed by atoms with Crippen LogP contribution < -0.4 is 10.6 Å². The van der Waals surface area contributed by atoms with Crippen molar-refractivity contribution in [3.8, 4) is 0 Å². The van der Waals surface area contributed by atoms with Gasteiger partial charge < -0.3 is 15.5 Å². The second-order valence-electron chi connectivity index (χ2n) is 5.63. The standard InChI is InChI=1S/C14H25N3O2/c18-13-7-3-9-17(13)10-4-8-15-14(19)16-11-12-5-1-2-6-12/h12H,1-11H2,(H2,15,16,19). The number of hydrogen-bond donors (Lipinski definition) is 2. The molecule has 19 heavy (non-hydrogen) atoms. The minimum Gasteiger partial charge on any atom is -0.343 e. The zero-order chi connectivity index (χ0) is 13.5. The molecule has 1 aliphatic heterocycles. The number of amides is 3. The van der Waals surface area contributed by atoms with Gasteiger partial charge in [-0.3, -0.25) is 4.79 Å². The molecule has 3 amide bonds. The van der Waals surface area contributed by atoms with Gasteiger partial charge in [-0.25, -0.2) is 4.79 Å². The van der Waals surface area contributed by atoms with E-state index in [-0.39, 0.29) is 11.9 Å². The normalized spacial score (nSPS) is 20.0. The number of urea groups is 1. The molecule has 0 aromatic rings. The molecular formula is C14H25N3O2. The average molecular weight is 267 g/mol. The summed E-state index contributed by atoms with van der Waals surface area (Å²) >= 11 is 0. The van der Waals surface area contributed by atoms with Crippen LogP contribution in [0, 0.1) is 5.92 Å². The topological polar surface area (TPSA) is 61.4 Å². The summed E-state index contributed by atoms with van der Waals surface area (Å²) in [5.41, 5.74) is 0. The molecule has 0 bridgehead atoms. The third-order valence-electron chi connectivity index (χ3n) is 4.09. The molecule has 1 aliphatic carbocycles. The third-order valence-corrected chi connectivity index (χ3v) is 4.09. The summed E-state index contributed by atoms with van der Waals surface area (Å²) in [6, 6.07) is -0.0698. The van der Waals surface area contributed by atoms with Crippen LogP contribution in [0.5, 0.6) is 0 Å². The van der Waals surface area contributed by atoms with Crippen LogP contribution in [0.2, 0.25) is 0 Å². The number of nitrogens with zero attached hydrogens (tertiary/aromatic N) is 1. The van der Waals surface area contributed by atoms with Crippen LogP contribution in [0.4, 0.5) is 4.79 Å². The van der Waals surface area contributed by atoms with Gasteiger partial charge in [0.2, 0.25) is 5.91 Å². The van der Waals surface area contributed by atoms with Crippen LogP contribution in [0.15, 0.2) is 0 Å². The van der Waals surface area contributed by atoms with Gasteiger partial charge in [-0.1, -0.05) is 12.8 Å². The van der Waals surface area contributed by atoms with Crippen LogP contribution in [-0.2, 0) is 4.79 Å². The van der Waals surface area contributed by atoms with Gasteiger partial charge in [0.15, 0.2) is 0 Å². The molecule has 2 rings (SSSR count). The fraction of sp³-hybridized carbons (Fsp3) is 0.857. The molecule has 0 unspecified atom stereocenters. The molecule has 1 saturated heterocycles. The van der Waals surface area contributed by atoms with E-state index in [0.29, 0.717) is 18.9 Å². The zero-order valence-electron chi connectivity index (χ0n) is 11.6. The van der Waals surface area contributed by atoms with E-state index in [1.807, 2.05) is 4.90 Å². The first-order valence-corrected chi connectivity index (χ1v) is 7.55. The van der Waals surface area contributed by atoms with E-state index < -0.39 is 0 Å². The van der Waals surface area contributed by atoms with E-state index in [2.05, 4.69) is 10.6 Å². The quantitative estimate of drug-likeness (QED) is 0.716. The molecule has 0 aromatic carbocycles. The van der Waals surface area contributed by atoms with Gasteiger partial charge in [-0.15, -0.1) is 0 Å². The van der Waals surface area contributed by atoms with Crippen LogP contribution in [0.1, 0.15) is 44.9 Å². The Morgan fingerprint density at radius 2 is 2.00 bits per heavy atom. The van der Waals surface area contributed by atoms with Gasteiger partial charge in [0.25, 0.3) is 0 Å². The smallest absolute Gasteiger partial charge is 0.314 e. The first-order chi connectivity index (χ1) is 9.25. The summed E-state index contributed by atoms with van der Waals surface area (Å²) < 4.78 is 0. The SMILES string of the molecule is O=C(NCCCN1CCCC1=O)NCC1CCCC1. The lowest BCUT2D eigenvalue weighted by Crippen LogP contribution is -2.39. The van der Waals surface area contributed by atoms with E-state index in [1.165, 1.54) is 25.7 Å². The van der Waals surface area contributed by atoms with Crippen molar-refractivity contribution in [2.45, 2.75) is 44.9 Å². The second kappa shape index (κ2) is 7.36. The molecule has 2 aliphatic rings. The lowest BCUT2D eigenvalue weighted by atomic mass is 10.1. The Bertz CT molecular complexity index is 314. The number of carbonyl (C=O) groups excluding carboxylic acids is 2. The second-order valence-corrected chi connectivity index (χ2v) is 5.63. The summed E-state index contributed by atoms with van der Waals surface area (Å²) in [4.78, 5) is 24.8. The van der Waals surface area contributed by atoms with Crippen molar-refractivity contribution in [1.82, 2.24) is 15.5 Å². The largest absolute Gasteiger partial charge is 0.343 e.